The van der Waals surface area contributed by atoms with Crippen LogP contribution in [0.2, 0.25) is 0 Å². The van der Waals surface area contributed by atoms with Gasteiger partial charge in [-0.1, -0.05) is 30.3 Å². The minimum absolute atomic E-state index is 0.263. The minimum atomic E-state index is -0.353. The second-order valence-corrected chi connectivity index (χ2v) is 7.69. The summed E-state index contributed by atoms with van der Waals surface area (Å²) in [6, 6.07) is 20.3. The number of amides is 1. The smallest absolute Gasteiger partial charge is 0.295 e. The van der Waals surface area contributed by atoms with Crippen LogP contribution < -0.4 is 10.9 Å². The van der Waals surface area contributed by atoms with Gasteiger partial charge in [-0.15, -0.1) is 11.3 Å². The molecule has 150 valence electrons. The Kier molecular flexibility index (Phi) is 5.45. The quantitative estimate of drug-likeness (QED) is 0.485. The number of anilines is 1. The van der Waals surface area contributed by atoms with E-state index in [1.54, 1.807) is 54.4 Å². The van der Waals surface area contributed by atoms with Crippen molar-refractivity contribution < 1.29 is 4.79 Å². The van der Waals surface area contributed by atoms with Gasteiger partial charge < -0.3 is 5.32 Å². The first kappa shape index (κ1) is 19.6. The number of aromatic nitrogens is 2. The van der Waals surface area contributed by atoms with E-state index < -0.39 is 0 Å². The highest BCUT2D eigenvalue weighted by molar-refractivity contribution is 7.11. The molecule has 0 aliphatic heterocycles. The Morgan fingerprint density at radius 2 is 1.87 bits per heavy atom. The van der Waals surface area contributed by atoms with E-state index in [2.05, 4.69) is 10.3 Å². The van der Waals surface area contributed by atoms with Crippen LogP contribution in [0.1, 0.15) is 20.9 Å². The number of nitrogens with one attached hydrogen (secondary N) is 1. The monoisotopic (exact) mass is 416 g/mol. The van der Waals surface area contributed by atoms with E-state index in [4.69, 9.17) is 0 Å². The Morgan fingerprint density at radius 3 is 2.60 bits per heavy atom. The van der Waals surface area contributed by atoms with Crippen molar-refractivity contribution in [2.45, 2.75) is 6.92 Å². The van der Waals surface area contributed by atoms with Crippen molar-refractivity contribution in [3.8, 4) is 5.69 Å². The molecule has 0 bridgehead atoms. The van der Waals surface area contributed by atoms with Crippen molar-refractivity contribution in [1.82, 2.24) is 9.36 Å². The summed E-state index contributed by atoms with van der Waals surface area (Å²) < 4.78 is 3.27. The first-order valence-corrected chi connectivity index (χ1v) is 10.3. The fraction of sp³-hybridized carbons (Fsp3) is 0.0870. The molecule has 0 unspecified atom stereocenters. The van der Waals surface area contributed by atoms with Crippen molar-refractivity contribution in [2.75, 3.05) is 5.32 Å². The molecule has 0 radical (unpaired) electrons. The van der Waals surface area contributed by atoms with Crippen molar-refractivity contribution in [3.05, 3.63) is 98.6 Å². The third kappa shape index (κ3) is 3.88. The molecule has 0 aliphatic carbocycles. The topological polar surface area (TPSA) is 68.4 Å². The molecule has 30 heavy (non-hydrogen) atoms. The van der Waals surface area contributed by atoms with Crippen LogP contribution in [0.4, 0.5) is 11.4 Å². The van der Waals surface area contributed by atoms with Gasteiger partial charge in [0.05, 0.1) is 17.1 Å². The average Bonchev–Trinajstić information content (AvgIpc) is 3.36. The lowest BCUT2D eigenvalue weighted by molar-refractivity contribution is 0.102. The lowest BCUT2D eigenvalue weighted by Gasteiger charge is -2.07. The molecule has 6 nitrogen and oxygen atoms in total. The number of para-hydroxylation sites is 1. The third-order valence-electron chi connectivity index (χ3n) is 4.79. The van der Waals surface area contributed by atoms with Gasteiger partial charge in [0.2, 0.25) is 0 Å². The minimum Gasteiger partial charge on any atom is -0.316 e. The molecule has 0 saturated heterocycles. The normalized spacial score (nSPS) is 11.1. The van der Waals surface area contributed by atoms with E-state index in [1.807, 2.05) is 53.9 Å². The van der Waals surface area contributed by atoms with Crippen molar-refractivity contribution >= 4 is 34.8 Å². The molecule has 2 aromatic carbocycles. The van der Waals surface area contributed by atoms with E-state index in [0.29, 0.717) is 16.9 Å². The van der Waals surface area contributed by atoms with Gasteiger partial charge in [0, 0.05) is 23.7 Å². The lowest BCUT2D eigenvalue weighted by atomic mass is 10.2. The summed E-state index contributed by atoms with van der Waals surface area (Å²) in [4.78, 5) is 31.3. The van der Waals surface area contributed by atoms with E-state index in [-0.39, 0.29) is 17.2 Å². The number of rotatable bonds is 5. The number of nitrogens with zero attached hydrogens (tertiary/aromatic N) is 3. The second kappa shape index (κ2) is 8.34. The molecule has 1 N–H and O–H groups in total. The Bertz CT molecular complexity index is 1270. The largest absolute Gasteiger partial charge is 0.316 e. The SMILES string of the molecule is Cc1c(NC(=O)c2cccc(N=Cc3cccs3)c2)c(=O)n(-c2ccccc2)n1C. The maximum absolute atomic E-state index is 13.0. The summed E-state index contributed by atoms with van der Waals surface area (Å²) in [6.45, 7) is 1.80. The maximum Gasteiger partial charge on any atom is 0.295 e. The highest BCUT2D eigenvalue weighted by Crippen LogP contribution is 2.18. The average molecular weight is 417 g/mol. The first-order chi connectivity index (χ1) is 14.5. The molecule has 2 aromatic heterocycles. The Morgan fingerprint density at radius 1 is 1.07 bits per heavy atom. The number of hydrogen-bond donors (Lipinski definition) is 1. The molecule has 4 rings (SSSR count). The third-order valence-corrected chi connectivity index (χ3v) is 5.59. The summed E-state index contributed by atoms with van der Waals surface area (Å²) in [6.07, 6.45) is 1.77. The fourth-order valence-electron chi connectivity index (χ4n) is 3.13. The summed E-state index contributed by atoms with van der Waals surface area (Å²) in [5, 5.41) is 4.76. The zero-order valence-corrected chi connectivity index (χ0v) is 17.4. The molecular formula is C23H20N4O2S. The number of carbonyl (C=O) groups is 1. The summed E-state index contributed by atoms with van der Waals surface area (Å²) in [7, 11) is 1.79. The molecule has 7 heteroatoms. The van der Waals surface area contributed by atoms with E-state index in [9.17, 15) is 9.59 Å². The maximum atomic E-state index is 13.0. The van der Waals surface area contributed by atoms with E-state index in [1.165, 1.54) is 4.68 Å². The predicted octanol–water partition coefficient (Wildman–Crippen LogP) is 4.55. The first-order valence-electron chi connectivity index (χ1n) is 9.37. The fourth-order valence-corrected chi connectivity index (χ4v) is 3.71. The van der Waals surface area contributed by atoms with Gasteiger partial charge >= 0.3 is 0 Å². The Labute approximate surface area is 177 Å². The molecule has 0 saturated carbocycles. The number of aliphatic imine (C=N–C) groups is 1. The lowest BCUT2D eigenvalue weighted by Crippen LogP contribution is -2.22. The second-order valence-electron chi connectivity index (χ2n) is 6.71. The van der Waals surface area contributed by atoms with Gasteiger partial charge in [0.1, 0.15) is 5.69 Å². The van der Waals surface area contributed by atoms with Gasteiger partial charge in [-0.2, -0.15) is 0 Å². The number of benzene rings is 2. The van der Waals surface area contributed by atoms with Crippen molar-refractivity contribution in [2.24, 2.45) is 12.0 Å². The van der Waals surface area contributed by atoms with Crippen LogP contribution in [0.15, 0.2) is 81.9 Å². The van der Waals surface area contributed by atoms with Crippen LogP contribution in [0.25, 0.3) is 5.69 Å². The van der Waals surface area contributed by atoms with Crippen LogP contribution in [0.3, 0.4) is 0 Å². The van der Waals surface area contributed by atoms with Crippen molar-refractivity contribution in [1.29, 1.82) is 0 Å². The van der Waals surface area contributed by atoms with Crippen molar-refractivity contribution in [3.63, 3.8) is 0 Å². The molecule has 1 amide bonds. The van der Waals surface area contributed by atoms with Gasteiger partial charge in [0.25, 0.3) is 11.5 Å². The molecular weight excluding hydrogens is 396 g/mol. The van der Waals surface area contributed by atoms with Crippen LogP contribution in [-0.2, 0) is 7.05 Å². The molecule has 2 heterocycles. The van der Waals surface area contributed by atoms with Crippen LogP contribution in [0, 0.1) is 6.92 Å². The summed E-state index contributed by atoms with van der Waals surface area (Å²) in [5.74, 6) is -0.353. The van der Waals surface area contributed by atoms with Crippen LogP contribution in [0.5, 0.6) is 0 Å². The predicted molar refractivity (Wildman–Crippen MR) is 122 cm³/mol. The molecule has 0 aliphatic rings. The highest BCUT2D eigenvalue weighted by Gasteiger charge is 2.18. The standard InChI is InChI=1S/C23H20N4O2S/c1-16-21(23(29)27(26(16)2)19-10-4-3-5-11-19)25-22(28)17-8-6-9-18(14-17)24-15-20-12-7-13-30-20/h3-15H,1-2H3,(H,25,28). The summed E-state index contributed by atoms with van der Waals surface area (Å²) >= 11 is 1.59. The summed E-state index contributed by atoms with van der Waals surface area (Å²) in [5.41, 5.74) is 2.50. The molecule has 0 fully saturated rings. The molecule has 0 atom stereocenters. The van der Waals surface area contributed by atoms with Crippen LogP contribution >= 0.6 is 11.3 Å². The van der Waals surface area contributed by atoms with E-state index in [0.717, 1.165) is 10.6 Å². The molecule has 0 spiro atoms. The molecule has 4 aromatic rings. The van der Waals surface area contributed by atoms with Crippen LogP contribution in [-0.4, -0.2) is 21.5 Å². The Balaban J connectivity index is 1.61. The number of thiophene rings is 1. The number of hydrogen-bond acceptors (Lipinski definition) is 4. The van der Waals surface area contributed by atoms with Gasteiger partial charge in [-0.3, -0.25) is 19.3 Å². The van der Waals surface area contributed by atoms with Gasteiger partial charge in [0.15, 0.2) is 0 Å². The zero-order valence-electron chi connectivity index (χ0n) is 16.6. The van der Waals surface area contributed by atoms with Gasteiger partial charge in [-0.05, 0) is 48.7 Å². The van der Waals surface area contributed by atoms with E-state index >= 15 is 0 Å². The van der Waals surface area contributed by atoms with Gasteiger partial charge in [-0.25, -0.2) is 4.68 Å². The zero-order chi connectivity index (χ0) is 21.1. The number of carbonyl (C=O) groups excluding carboxylic acids is 1. The Hall–Kier alpha value is -3.71. The highest BCUT2D eigenvalue weighted by atomic mass is 32.1.